The van der Waals surface area contributed by atoms with Crippen LogP contribution in [0.2, 0.25) is 0 Å². The van der Waals surface area contributed by atoms with Crippen molar-refractivity contribution < 1.29 is 23.9 Å². The number of hydrogen-bond acceptors (Lipinski definition) is 5. The van der Waals surface area contributed by atoms with Gasteiger partial charge in [0.2, 0.25) is 5.91 Å². The van der Waals surface area contributed by atoms with E-state index >= 15 is 0 Å². The summed E-state index contributed by atoms with van der Waals surface area (Å²) in [5.41, 5.74) is 1.31. The van der Waals surface area contributed by atoms with E-state index in [9.17, 15) is 14.4 Å². The minimum Gasteiger partial charge on any atom is -0.497 e. The largest absolute Gasteiger partial charge is 0.497 e. The van der Waals surface area contributed by atoms with E-state index in [1.807, 2.05) is 0 Å². The molecule has 130 valence electrons. The summed E-state index contributed by atoms with van der Waals surface area (Å²) in [5, 5.41) is 2.67. The van der Waals surface area contributed by atoms with Crippen molar-refractivity contribution in [1.82, 2.24) is 0 Å². The number of nitrogens with one attached hydrogen (secondary N) is 1. The van der Waals surface area contributed by atoms with Gasteiger partial charge < -0.3 is 14.8 Å². The van der Waals surface area contributed by atoms with Crippen LogP contribution in [0.4, 0.5) is 5.69 Å². The molecule has 1 N–H and O–H groups in total. The van der Waals surface area contributed by atoms with Gasteiger partial charge in [-0.15, -0.1) is 0 Å². The summed E-state index contributed by atoms with van der Waals surface area (Å²) < 4.78 is 9.72. The summed E-state index contributed by atoms with van der Waals surface area (Å²) in [7, 11) is 2.82. The predicted octanol–water partition coefficient (Wildman–Crippen LogP) is 3.08. The number of esters is 1. The number of hydrogen-bond donors (Lipinski definition) is 1. The highest BCUT2D eigenvalue weighted by molar-refractivity contribution is 6.00. The molecule has 2 rings (SSSR count). The Morgan fingerprint density at radius 2 is 1.64 bits per heavy atom. The maximum atomic E-state index is 12.2. The normalized spacial score (nSPS) is 10.0. The highest BCUT2D eigenvalue weighted by atomic mass is 16.5. The maximum Gasteiger partial charge on any atom is 0.337 e. The summed E-state index contributed by atoms with van der Waals surface area (Å²) >= 11 is 0. The quantitative estimate of drug-likeness (QED) is 0.618. The lowest BCUT2D eigenvalue weighted by molar-refractivity contribution is -0.116. The highest BCUT2D eigenvalue weighted by Gasteiger charge is 2.11. The van der Waals surface area contributed by atoms with E-state index < -0.39 is 5.97 Å². The molecule has 0 atom stereocenters. The zero-order valence-corrected chi connectivity index (χ0v) is 14.1. The molecule has 0 aliphatic rings. The summed E-state index contributed by atoms with van der Waals surface area (Å²) in [6, 6.07) is 13.2. The van der Waals surface area contributed by atoms with Crippen LogP contribution in [0.1, 0.15) is 33.6 Å². The van der Waals surface area contributed by atoms with Crippen molar-refractivity contribution in [2.45, 2.75) is 12.8 Å². The number of carbonyl (C=O) groups is 3. The third kappa shape index (κ3) is 5.17. The Morgan fingerprint density at radius 1 is 0.920 bits per heavy atom. The summed E-state index contributed by atoms with van der Waals surface area (Å²) in [5.74, 6) is -0.338. The van der Waals surface area contributed by atoms with E-state index in [2.05, 4.69) is 10.1 Å². The third-order valence-electron chi connectivity index (χ3n) is 3.54. The lowest BCUT2D eigenvalue weighted by Crippen LogP contribution is -2.14. The Hall–Kier alpha value is -3.15. The van der Waals surface area contributed by atoms with Gasteiger partial charge in [-0.1, -0.05) is 18.2 Å². The molecule has 25 heavy (non-hydrogen) atoms. The lowest BCUT2D eigenvalue weighted by atomic mass is 10.1. The first-order chi connectivity index (χ1) is 12.0. The molecule has 2 aromatic rings. The number of carbonyl (C=O) groups excluding carboxylic acids is 3. The van der Waals surface area contributed by atoms with Gasteiger partial charge in [0.05, 0.1) is 19.8 Å². The number of rotatable bonds is 7. The van der Waals surface area contributed by atoms with E-state index in [1.54, 1.807) is 42.5 Å². The van der Waals surface area contributed by atoms with Crippen LogP contribution < -0.4 is 10.1 Å². The summed E-state index contributed by atoms with van der Waals surface area (Å²) in [6.07, 6.45) is 0.119. The maximum absolute atomic E-state index is 12.2. The van der Waals surface area contributed by atoms with Crippen LogP contribution in [0.5, 0.6) is 5.75 Å². The van der Waals surface area contributed by atoms with Gasteiger partial charge in [0.15, 0.2) is 5.78 Å². The fourth-order valence-corrected chi connectivity index (χ4v) is 2.23. The molecule has 6 heteroatoms. The summed E-state index contributed by atoms with van der Waals surface area (Å²) in [4.78, 5) is 35.7. The number of anilines is 1. The van der Waals surface area contributed by atoms with Gasteiger partial charge in [-0.3, -0.25) is 9.59 Å². The Labute approximate surface area is 145 Å². The molecule has 0 aliphatic carbocycles. The molecule has 6 nitrogen and oxygen atoms in total. The molecule has 0 aromatic heterocycles. The van der Waals surface area contributed by atoms with Crippen LogP contribution in [0.25, 0.3) is 0 Å². The topological polar surface area (TPSA) is 81.7 Å². The molecule has 0 saturated heterocycles. The van der Waals surface area contributed by atoms with E-state index in [0.717, 1.165) is 0 Å². The monoisotopic (exact) mass is 341 g/mol. The zero-order chi connectivity index (χ0) is 18.2. The molecular weight excluding hydrogens is 322 g/mol. The minimum absolute atomic E-state index is 0.0402. The Bertz CT molecular complexity index is 785. The predicted molar refractivity (Wildman–Crippen MR) is 93.0 cm³/mol. The lowest BCUT2D eigenvalue weighted by Gasteiger charge is -2.07. The van der Waals surface area contributed by atoms with E-state index in [0.29, 0.717) is 22.6 Å². The number of Topliss-reactive ketones (excluding diaryl/α,β-unsaturated/α-hetero) is 1. The van der Waals surface area contributed by atoms with Crippen molar-refractivity contribution in [3.05, 3.63) is 59.7 Å². The first-order valence-electron chi connectivity index (χ1n) is 7.69. The Morgan fingerprint density at radius 3 is 2.36 bits per heavy atom. The molecule has 0 heterocycles. The molecule has 0 radical (unpaired) electrons. The Balaban J connectivity index is 1.92. The zero-order valence-electron chi connectivity index (χ0n) is 14.1. The van der Waals surface area contributed by atoms with Gasteiger partial charge in [0, 0.05) is 24.1 Å². The molecular formula is C19H19NO5. The first-order valence-corrected chi connectivity index (χ1v) is 7.69. The molecule has 0 unspecified atom stereocenters. The minimum atomic E-state index is -0.482. The summed E-state index contributed by atoms with van der Waals surface area (Å²) in [6.45, 7) is 0. The van der Waals surface area contributed by atoms with Crippen molar-refractivity contribution in [3.8, 4) is 5.75 Å². The number of benzene rings is 2. The molecule has 0 aliphatic heterocycles. The second-order valence-electron chi connectivity index (χ2n) is 5.28. The third-order valence-corrected chi connectivity index (χ3v) is 3.54. The van der Waals surface area contributed by atoms with E-state index in [1.165, 1.54) is 20.3 Å². The highest BCUT2D eigenvalue weighted by Crippen LogP contribution is 2.16. The molecule has 0 fully saturated rings. The molecule has 0 bridgehead atoms. The van der Waals surface area contributed by atoms with Gasteiger partial charge in [0.25, 0.3) is 0 Å². The first kappa shape index (κ1) is 18.2. The number of amides is 1. The second kappa shape index (κ2) is 8.63. The number of ketones is 1. The Kier molecular flexibility index (Phi) is 6.28. The second-order valence-corrected chi connectivity index (χ2v) is 5.28. The SMILES string of the molecule is COC(=O)c1cccc(NC(=O)CCC(=O)c2cccc(OC)c2)c1. The van der Waals surface area contributed by atoms with Gasteiger partial charge in [0.1, 0.15) is 5.75 Å². The van der Waals surface area contributed by atoms with Crippen molar-refractivity contribution in [2.75, 3.05) is 19.5 Å². The van der Waals surface area contributed by atoms with Gasteiger partial charge in [-0.05, 0) is 30.3 Å². The van der Waals surface area contributed by atoms with Crippen molar-refractivity contribution in [1.29, 1.82) is 0 Å². The van der Waals surface area contributed by atoms with Crippen molar-refractivity contribution in [2.24, 2.45) is 0 Å². The fraction of sp³-hybridized carbons (Fsp3) is 0.211. The van der Waals surface area contributed by atoms with E-state index in [-0.39, 0.29) is 24.5 Å². The number of ether oxygens (including phenoxy) is 2. The van der Waals surface area contributed by atoms with Crippen LogP contribution >= 0.6 is 0 Å². The smallest absolute Gasteiger partial charge is 0.337 e. The van der Waals surface area contributed by atoms with Gasteiger partial charge in [-0.25, -0.2) is 4.79 Å². The molecule has 0 spiro atoms. The van der Waals surface area contributed by atoms with Gasteiger partial charge >= 0.3 is 5.97 Å². The van der Waals surface area contributed by atoms with Crippen LogP contribution in [0.15, 0.2) is 48.5 Å². The standard InChI is InChI=1S/C19H19NO5/c1-24-16-8-4-5-13(12-16)17(21)9-10-18(22)20-15-7-3-6-14(11-15)19(23)25-2/h3-8,11-12H,9-10H2,1-2H3,(H,20,22). The van der Waals surface area contributed by atoms with Gasteiger partial charge in [-0.2, -0.15) is 0 Å². The average molecular weight is 341 g/mol. The van der Waals surface area contributed by atoms with E-state index in [4.69, 9.17) is 4.74 Å². The molecule has 0 saturated carbocycles. The van der Waals surface area contributed by atoms with Crippen molar-refractivity contribution >= 4 is 23.3 Å². The van der Waals surface area contributed by atoms with Crippen LogP contribution in [0, 0.1) is 0 Å². The number of methoxy groups -OCH3 is 2. The molecule has 2 aromatic carbocycles. The van der Waals surface area contributed by atoms with Crippen molar-refractivity contribution in [3.63, 3.8) is 0 Å². The fourth-order valence-electron chi connectivity index (χ4n) is 2.23. The van der Waals surface area contributed by atoms with Crippen LogP contribution in [-0.4, -0.2) is 31.9 Å². The van der Waals surface area contributed by atoms with Crippen LogP contribution in [0.3, 0.4) is 0 Å². The van der Waals surface area contributed by atoms with Crippen LogP contribution in [-0.2, 0) is 9.53 Å². The molecule has 1 amide bonds. The average Bonchev–Trinajstić information content (AvgIpc) is 2.65.